The van der Waals surface area contributed by atoms with Crippen LogP contribution in [0.4, 0.5) is 17.6 Å². The Morgan fingerprint density at radius 1 is 1.29 bits per heavy atom. The molecule has 0 amide bonds. The number of nitrogens with one attached hydrogen (secondary N) is 1. The zero-order chi connectivity index (χ0) is 16.3. The minimum atomic E-state index is -4.41. The van der Waals surface area contributed by atoms with E-state index < -0.39 is 34.7 Å². The quantitative estimate of drug-likeness (QED) is 0.583. The Bertz CT molecular complexity index is 603. The smallest absolute Gasteiger partial charge is 0.320 e. The maximum absolute atomic E-state index is 12.7. The average molecular weight is 344 g/mol. The van der Waals surface area contributed by atoms with Gasteiger partial charge < -0.3 is 5.73 Å². The molecule has 21 heavy (non-hydrogen) atoms. The van der Waals surface area contributed by atoms with Gasteiger partial charge in [-0.05, 0) is 5.56 Å². The highest BCUT2D eigenvalue weighted by atomic mass is 32.2. The Balaban J connectivity index is 2.70. The highest BCUT2D eigenvalue weighted by molar-refractivity contribution is 7.88. The lowest BCUT2D eigenvalue weighted by Crippen LogP contribution is -2.41. The van der Waals surface area contributed by atoms with E-state index in [9.17, 15) is 26.0 Å². The van der Waals surface area contributed by atoms with E-state index >= 15 is 0 Å². The Hall–Kier alpha value is -1.26. The van der Waals surface area contributed by atoms with E-state index in [4.69, 9.17) is 18.0 Å². The molecule has 0 fully saturated rings. The van der Waals surface area contributed by atoms with Crippen LogP contribution in [-0.4, -0.2) is 32.3 Å². The van der Waals surface area contributed by atoms with Crippen LogP contribution in [0, 0.1) is 0 Å². The van der Waals surface area contributed by atoms with Crippen molar-refractivity contribution in [1.29, 1.82) is 0 Å². The normalized spacial score (nSPS) is 12.6. The number of nitrogens with two attached hydrogens (primary N) is 1. The minimum absolute atomic E-state index is 0.124. The molecule has 1 aromatic carbocycles. The largest absolute Gasteiger partial charge is 0.389 e. The number of halogens is 4. The van der Waals surface area contributed by atoms with Gasteiger partial charge >= 0.3 is 12.3 Å². The third-order valence-electron chi connectivity index (χ3n) is 2.44. The van der Waals surface area contributed by atoms with Crippen LogP contribution in [0.25, 0.3) is 0 Å². The van der Waals surface area contributed by atoms with Crippen molar-refractivity contribution < 1.29 is 26.0 Å². The highest BCUT2D eigenvalue weighted by Gasteiger charge is 2.41. The summed E-state index contributed by atoms with van der Waals surface area (Å²) in [6, 6.07) is 5.75. The zero-order valence-corrected chi connectivity index (χ0v) is 12.2. The van der Waals surface area contributed by atoms with Gasteiger partial charge in [-0.15, -0.1) is 0 Å². The number of thiocarbonyl (C=S) groups is 1. The van der Waals surface area contributed by atoms with Crippen molar-refractivity contribution >= 4 is 27.2 Å². The summed E-state index contributed by atoms with van der Waals surface area (Å²) in [5, 5.41) is 0. The average Bonchev–Trinajstić information content (AvgIpc) is 2.37. The Labute approximate surface area is 124 Å². The summed E-state index contributed by atoms with van der Waals surface area (Å²) < 4.78 is 73.7. The lowest BCUT2D eigenvalue weighted by atomic mass is 10.1. The molecule has 0 saturated carbocycles. The van der Waals surface area contributed by atoms with Gasteiger partial charge in [0.1, 0.15) is 4.99 Å². The van der Waals surface area contributed by atoms with Crippen LogP contribution in [0.3, 0.4) is 0 Å². The van der Waals surface area contributed by atoms with E-state index in [1.54, 1.807) is 0 Å². The third kappa shape index (κ3) is 5.56. The van der Waals surface area contributed by atoms with E-state index in [1.807, 2.05) is 0 Å². The molecule has 0 spiro atoms. The van der Waals surface area contributed by atoms with E-state index in [-0.39, 0.29) is 10.6 Å². The third-order valence-corrected chi connectivity index (χ3v) is 3.98. The van der Waals surface area contributed by atoms with E-state index in [0.717, 1.165) is 0 Å². The van der Waals surface area contributed by atoms with E-state index in [2.05, 4.69) is 0 Å². The number of sulfonamides is 1. The van der Waals surface area contributed by atoms with Crippen molar-refractivity contribution in [3.8, 4) is 0 Å². The molecule has 118 valence electrons. The SMILES string of the molecule is NC(=S)c1ccc(CS(=O)(=O)NCC(F)(F)C(F)F)cc1. The number of alkyl halides is 4. The molecule has 1 aromatic rings. The van der Waals surface area contributed by atoms with Gasteiger partial charge in [0, 0.05) is 5.56 Å². The van der Waals surface area contributed by atoms with Crippen molar-refractivity contribution in [2.24, 2.45) is 5.73 Å². The fourth-order valence-corrected chi connectivity index (χ4v) is 2.60. The maximum Gasteiger partial charge on any atom is 0.320 e. The molecule has 0 aliphatic heterocycles. The van der Waals surface area contributed by atoms with E-state index in [0.29, 0.717) is 5.56 Å². The predicted molar refractivity (Wildman–Crippen MR) is 73.9 cm³/mol. The molecule has 0 bridgehead atoms. The standard InChI is InChI=1S/C11H12F4N2O2S2/c12-10(13)11(14,15)6-17-21(18,19)5-7-1-3-8(4-2-7)9(16)20/h1-4,10,17H,5-6H2,(H2,16,20). The summed E-state index contributed by atoms with van der Waals surface area (Å²) in [4.78, 5) is 0.124. The Morgan fingerprint density at radius 3 is 2.24 bits per heavy atom. The molecular weight excluding hydrogens is 332 g/mol. The number of hydrogen-bond donors (Lipinski definition) is 2. The van der Waals surface area contributed by atoms with Crippen LogP contribution in [0.15, 0.2) is 24.3 Å². The first-order valence-electron chi connectivity index (χ1n) is 5.55. The summed E-state index contributed by atoms with van der Waals surface area (Å²) in [5.41, 5.74) is 6.16. The van der Waals surface area contributed by atoms with Crippen LogP contribution < -0.4 is 10.5 Å². The van der Waals surface area contributed by atoms with Crippen molar-refractivity contribution in [2.75, 3.05) is 6.54 Å². The molecule has 0 aliphatic rings. The Kier molecular flexibility index (Phi) is 5.65. The molecule has 0 unspecified atom stereocenters. The van der Waals surface area contributed by atoms with Gasteiger partial charge in [0.05, 0.1) is 12.3 Å². The molecule has 3 N–H and O–H groups in total. The van der Waals surface area contributed by atoms with E-state index in [1.165, 1.54) is 29.0 Å². The van der Waals surface area contributed by atoms with Crippen LogP contribution >= 0.6 is 12.2 Å². The molecule has 0 aromatic heterocycles. The maximum atomic E-state index is 12.7. The lowest BCUT2D eigenvalue weighted by Gasteiger charge is -2.15. The van der Waals surface area contributed by atoms with Crippen LogP contribution in [0.1, 0.15) is 11.1 Å². The first-order valence-corrected chi connectivity index (χ1v) is 7.61. The topological polar surface area (TPSA) is 72.2 Å². The Morgan fingerprint density at radius 2 is 1.81 bits per heavy atom. The minimum Gasteiger partial charge on any atom is -0.389 e. The fraction of sp³-hybridized carbons (Fsp3) is 0.364. The summed E-state index contributed by atoms with van der Waals surface area (Å²) >= 11 is 4.71. The molecule has 1 rings (SSSR count). The first kappa shape index (κ1) is 17.8. The summed E-state index contributed by atoms with van der Waals surface area (Å²) in [7, 11) is -4.16. The second-order valence-electron chi connectivity index (χ2n) is 4.20. The molecule has 0 aliphatic carbocycles. The van der Waals surface area contributed by atoms with Crippen LogP contribution in [-0.2, 0) is 15.8 Å². The molecule has 0 atom stereocenters. The van der Waals surface area contributed by atoms with Gasteiger partial charge in [0.2, 0.25) is 10.0 Å². The van der Waals surface area contributed by atoms with Gasteiger partial charge in [0.15, 0.2) is 0 Å². The van der Waals surface area contributed by atoms with Gasteiger partial charge in [-0.25, -0.2) is 21.9 Å². The molecular formula is C11H12F4N2O2S2. The van der Waals surface area contributed by atoms with Crippen molar-refractivity contribution in [2.45, 2.75) is 18.1 Å². The van der Waals surface area contributed by atoms with Crippen molar-refractivity contribution in [1.82, 2.24) is 4.72 Å². The monoisotopic (exact) mass is 344 g/mol. The van der Waals surface area contributed by atoms with Crippen molar-refractivity contribution in [3.05, 3.63) is 35.4 Å². The number of rotatable bonds is 7. The second-order valence-corrected chi connectivity index (χ2v) is 6.45. The highest BCUT2D eigenvalue weighted by Crippen LogP contribution is 2.22. The molecule has 0 heterocycles. The summed E-state index contributed by atoms with van der Waals surface area (Å²) in [5.74, 6) is -5.04. The zero-order valence-electron chi connectivity index (χ0n) is 10.5. The van der Waals surface area contributed by atoms with Crippen LogP contribution in [0.2, 0.25) is 0 Å². The molecule has 0 radical (unpaired) electrons. The first-order chi connectivity index (χ1) is 9.53. The molecule has 10 heteroatoms. The van der Waals surface area contributed by atoms with Gasteiger partial charge in [-0.1, -0.05) is 36.5 Å². The fourth-order valence-electron chi connectivity index (χ4n) is 1.32. The number of hydrogen-bond acceptors (Lipinski definition) is 3. The van der Waals surface area contributed by atoms with Crippen LogP contribution in [0.5, 0.6) is 0 Å². The second kappa shape index (κ2) is 6.67. The van der Waals surface area contributed by atoms with Gasteiger partial charge in [-0.3, -0.25) is 0 Å². The predicted octanol–water partition coefficient (Wildman–Crippen LogP) is 1.64. The summed E-state index contributed by atoms with van der Waals surface area (Å²) in [6.07, 6.45) is -3.94. The van der Waals surface area contributed by atoms with Gasteiger partial charge in [-0.2, -0.15) is 8.78 Å². The lowest BCUT2D eigenvalue weighted by molar-refractivity contribution is -0.122. The van der Waals surface area contributed by atoms with Gasteiger partial charge in [0.25, 0.3) is 0 Å². The molecule has 0 saturated heterocycles. The van der Waals surface area contributed by atoms with Crippen molar-refractivity contribution in [3.63, 3.8) is 0 Å². The molecule has 4 nitrogen and oxygen atoms in total. The number of benzene rings is 1. The summed E-state index contributed by atoms with van der Waals surface area (Å²) in [6.45, 7) is -1.65.